The molecule has 3 nitrogen and oxygen atoms in total. The third-order valence-electron chi connectivity index (χ3n) is 1.21. The lowest BCUT2D eigenvalue weighted by Crippen LogP contribution is -2.12. The summed E-state index contributed by atoms with van der Waals surface area (Å²) >= 11 is 0. The number of hydrogen-bond donors (Lipinski definition) is 0. The molecular formula is C8H18O3. The zero-order valence-electron chi connectivity index (χ0n) is 7.52. The minimum absolute atomic E-state index is 0. The van der Waals surface area contributed by atoms with Gasteiger partial charge in [0, 0.05) is 0 Å². The molecule has 68 valence electrons. The Bertz CT molecular complexity index is 99.5. The highest BCUT2D eigenvalue weighted by atomic mass is 16.5. The normalized spacial score (nSPS) is 9.09. The van der Waals surface area contributed by atoms with Crippen molar-refractivity contribution in [3.05, 3.63) is 0 Å². The van der Waals surface area contributed by atoms with Crippen LogP contribution >= 0.6 is 0 Å². The average molecular weight is 162 g/mol. The maximum atomic E-state index is 10.8. The summed E-state index contributed by atoms with van der Waals surface area (Å²) in [5, 5.41) is 0. The van der Waals surface area contributed by atoms with Crippen LogP contribution in [0, 0.1) is 5.92 Å². The van der Waals surface area contributed by atoms with Crippen molar-refractivity contribution in [2.24, 2.45) is 5.92 Å². The molecule has 2 N–H and O–H groups in total. The summed E-state index contributed by atoms with van der Waals surface area (Å²) in [6.45, 7) is 6.33. The summed E-state index contributed by atoms with van der Waals surface area (Å²) in [5.41, 5.74) is 0. The number of carbonyl (C=O) groups excluding carboxylic acids is 1. The minimum Gasteiger partial charge on any atom is -0.465 e. The Morgan fingerprint density at radius 1 is 1.45 bits per heavy atom. The van der Waals surface area contributed by atoms with Crippen molar-refractivity contribution in [3.63, 3.8) is 0 Å². The molecular weight excluding hydrogens is 144 g/mol. The molecule has 0 amide bonds. The van der Waals surface area contributed by atoms with Gasteiger partial charge in [0.05, 0.1) is 12.5 Å². The van der Waals surface area contributed by atoms with E-state index in [-0.39, 0.29) is 17.4 Å². The molecule has 0 rings (SSSR count). The second-order valence-corrected chi connectivity index (χ2v) is 2.68. The molecule has 0 spiro atoms. The molecule has 0 aromatic carbocycles. The fourth-order valence-electron chi connectivity index (χ4n) is 0.484. The first-order chi connectivity index (χ1) is 4.68. The van der Waals surface area contributed by atoms with Crippen molar-refractivity contribution in [1.82, 2.24) is 0 Å². The molecule has 0 unspecified atom stereocenters. The van der Waals surface area contributed by atoms with Crippen molar-refractivity contribution >= 4 is 5.97 Å². The molecule has 0 atom stereocenters. The van der Waals surface area contributed by atoms with E-state index in [9.17, 15) is 4.79 Å². The average Bonchev–Trinajstić information content (AvgIpc) is 1.88. The van der Waals surface area contributed by atoms with E-state index in [0.29, 0.717) is 6.61 Å². The largest absolute Gasteiger partial charge is 0.465 e. The van der Waals surface area contributed by atoms with Crippen molar-refractivity contribution in [2.45, 2.75) is 33.6 Å². The monoisotopic (exact) mass is 162 g/mol. The molecule has 11 heavy (non-hydrogen) atoms. The Morgan fingerprint density at radius 3 is 2.36 bits per heavy atom. The van der Waals surface area contributed by atoms with Crippen LogP contribution in [0.3, 0.4) is 0 Å². The zero-order valence-corrected chi connectivity index (χ0v) is 7.52. The Balaban J connectivity index is 0. The molecule has 0 heterocycles. The van der Waals surface area contributed by atoms with Crippen molar-refractivity contribution in [2.75, 3.05) is 6.61 Å². The first-order valence-electron chi connectivity index (χ1n) is 3.85. The summed E-state index contributed by atoms with van der Waals surface area (Å²) in [6.07, 6.45) is 2.05. The molecule has 0 bridgehead atoms. The molecule has 0 aromatic heterocycles. The highest BCUT2D eigenvalue weighted by Gasteiger charge is 2.06. The molecule has 0 saturated carbocycles. The second-order valence-electron chi connectivity index (χ2n) is 2.68. The van der Waals surface area contributed by atoms with Gasteiger partial charge < -0.3 is 10.2 Å². The quantitative estimate of drug-likeness (QED) is 0.460. The van der Waals surface area contributed by atoms with Crippen molar-refractivity contribution in [1.29, 1.82) is 0 Å². The smallest absolute Gasteiger partial charge is 0.308 e. The third kappa shape index (κ3) is 7.33. The van der Waals surface area contributed by atoms with Crippen molar-refractivity contribution < 1.29 is 15.0 Å². The van der Waals surface area contributed by atoms with Gasteiger partial charge in [0.25, 0.3) is 0 Å². The molecule has 3 heteroatoms. The van der Waals surface area contributed by atoms with Gasteiger partial charge in [0.1, 0.15) is 0 Å². The van der Waals surface area contributed by atoms with E-state index in [1.807, 2.05) is 13.8 Å². The molecule has 0 aliphatic carbocycles. The van der Waals surface area contributed by atoms with Crippen LogP contribution in [0.5, 0.6) is 0 Å². The molecule has 0 saturated heterocycles. The SMILES string of the molecule is CCCCOC(=O)C(C)C.O. The topological polar surface area (TPSA) is 57.8 Å². The van der Waals surface area contributed by atoms with Crippen LogP contribution in [0.4, 0.5) is 0 Å². The Hall–Kier alpha value is -0.570. The van der Waals surface area contributed by atoms with Gasteiger partial charge in [-0.05, 0) is 6.42 Å². The van der Waals surface area contributed by atoms with Crippen LogP contribution in [-0.2, 0) is 9.53 Å². The first-order valence-corrected chi connectivity index (χ1v) is 3.85. The third-order valence-corrected chi connectivity index (χ3v) is 1.21. The highest BCUT2D eigenvalue weighted by Crippen LogP contribution is 1.97. The summed E-state index contributed by atoms with van der Waals surface area (Å²) in [6, 6.07) is 0. The lowest BCUT2D eigenvalue weighted by atomic mass is 10.2. The van der Waals surface area contributed by atoms with E-state index < -0.39 is 0 Å². The maximum Gasteiger partial charge on any atom is 0.308 e. The zero-order chi connectivity index (χ0) is 7.98. The Morgan fingerprint density at radius 2 is 2.00 bits per heavy atom. The van der Waals surface area contributed by atoms with Crippen LogP contribution in [0.25, 0.3) is 0 Å². The van der Waals surface area contributed by atoms with Gasteiger partial charge in [-0.3, -0.25) is 4.79 Å². The number of carbonyl (C=O) groups is 1. The van der Waals surface area contributed by atoms with Crippen LogP contribution < -0.4 is 0 Å². The summed E-state index contributed by atoms with van der Waals surface area (Å²) in [7, 11) is 0. The number of unbranched alkanes of at least 4 members (excludes halogenated alkanes) is 1. The van der Waals surface area contributed by atoms with Gasteiger partial charge >= 0.3 is 5.97 Å². The highest BCUT2D eigenvalue weighted by molar-refractivity contribution is 5.71. The van der Waals surface area contributed by atoms with Crippen molar-refractivity contribution in [3.8, 4) is 0 Å². The fourth-order valence-corrected chi connectivity index (χ4v) is 0.484. The van der Waals surface area contributed by atoms with E-state index in [0.717, 1.165) is 12.8 Å². The molecule has 0 aromatic rings. The lowest BCUT2D eigenvalue weighted by Gasteiger charge is -2.04. The van der Waals surface area contributed by atoms with E-state index in [4.69, 9.17) is 4.74 Å². The minimum atomic E-state index is -0.0894. The van der Waals surface area contributed by atoms with Gasteiger partial charge in [-0.15, -0.1) is 0 Å². The number of rotatable bonds is 4. The number of hydrogen-bond acceptors (Lipinski definition) is 2. The van der Waals surface area contributed by atoms with Crippen LogP contribution in [0.1, 0.15) is 33.6 Å². The predicted octanol–water partition coefficient (Wildman–Crippen LogP) is 1.16. The van der Waals surface area contributed by atoms with Gasteiger partial charge in [-0.2, -0.15) is 0 Å². The van der Waals surface area contributed by atoms with Gasteiger partial charge in [0.15, 0.2) is 0 Å². The van der Waals surface area contributed by atoms with E-state index in [1.54, 1.807) is 0 Å². The van der Waals surface area contributed by atoms with E-state index in [1.165, 1.54) is 0 Å². The molecule has 0 radical (unpaired) electrons. The summed E-state index contributed by atoms with van der Waals surface area (Å²) in [5.74, 6) is -0.0784. The van der Waals surface area contributed by atoms with Gasteiger partial charge in [0.2, 0.25) is 0 Å². The molecule has 0 aliphatic rings. The van der Waals surface area contributed by atoms with E-state index >= 15 is 0 Å². The lowest BCUT2D eigenvalue weighted by molar-refractivity contribution is -0.147. The van der Waals surface area contributed by atoms with Gasteiger partial charge in [-0.25, -0.2) is 0 Å². The fraction of sp³-hybridized carbons (Fsp3) is 0.875. The second kappa shape index (κ2) is 7.54. The first kappa shape index (κ1) is 13.1. The standard InChI is InChI=1S/C8H16O2.H2O/c1-4-5-6-10-8(9)7(2)3;/h7H,4-6H2,1-3H3;1H2. The van der Waals surface area contributed by atoms with Crippen LogP contribution in [0.15, 0.2) is 0 Å². The Labute approximate surface area is 68.0 Å². The molecule has 0 fully saturated rings. The molecule has 0 aliphatic heterocycles. The summed E-state index contributed by atoms with van der Waals surface area (Å²) in [4.78, 5) is 10.8. The van der Waals surface area contributed by atoms with Crippen LogP contribution in [-0.4, -0.2) is 18.1 Å². The maximum absolute atomic E-state index is 10.8. The van der Waals surface area contributed by atoms with Crippen LogP contribution in [0.2, 0.25) is 0 Å². The number of esters is 1. The number of ether oxygens (including phenoxy) is 1. The Kier molecular flexibility index (Phi) is 8.94. The van der Waals surface area contributed by atoms with Gasteiger partial charge in [-0.1, -0.05) is 27.2 Å². The van der Waals surface area contributed by atoms with E-state index in [2.05, 4.69) is 6.92 Å². The summed E-state index contributed by atoms with van der Waals surface area (Å²) < 4.78 is 4.90. The predicted molar refractivity (Wildman–Crippen MR) is 44.3 cm³/mol.